The lowest BCUT2D eigenvalue weighted by atomic mass is 10.1. The fourth-order valence-electron chi connectivity index (χ4n) is 1.85. The average Bonchev–Trinajstić information content (AvgIpc) is 2.94. The molecule has 1 aromatic carbocycles. The zero-order chi connectivity index (χ0) is 11.8. The Morgan fingerprint density at radius 3 is 2.65 bits per heavy atom. The van der Waals surface area contributed by atoms with Gasteiger partial charge in [-0.15, -0.1) is 0 Å². The second-order valence-electron chi connectivity index (χ2n) is 3.84. The number of hydrogen-bond donors (Lipinski definition) is 1. The van der Waals surface area contributed by atoms with E-state index in [0.29, 0.717) is 5.75 Å². The molecule has 3 rings (SSSR count). The van der Waals surface area contributed by atoms with E-state index in [1.165, 1.54) is 0 Å². The van der Waals surface area contributed by atoms with Gasteiger partial charge >= 0.3 is 0 Å². The Labute approximate surface area is 98.3 Å². The van der Waals surface area contributed by atoms with Crippen LogP contribution in [0.1, 0.15) is 5.69 Å². The molecule has 0 saturated carbocycles. The van der Waals surface area contributed by atoms with Crippen molar-refractivity contribution in [2.45, 2.75) is 6.92 Å². The van der Waals surface area contributed by atoms with Gasteiger partial charge in [-0.3, -0.25) is 5.10 Å². The number of aromatic amines is 1. The van der Waals surface area contributed by atoms with Crippen LogP contribution in [0.3, 0.4) is 0 Å². The monoisotopic (exact) mass is 232 g/mol. The summed E-state index contributed by atoms with van der Waals surface area (Å²) in [5.74, 6) is 2.15. The fourth-order valence-corrected chi connectivity index (χ4v) is 1.85. The van der Waals surface area contributed by atoms with Gasteiger partial charge in [0.2, 0.25) is 6.79 Å². The number of hydrogen-bond acceptors (Lipinski definition) is 4. The van der Waals surface area contributed by atoms with Gasteiger partial charge in [0.15, 0.2) is 11.5 Å². The summed E-state index contributed by atoms with van der Waals surface area (Å²) >= 11 is 0. The van der Waals surface area contributed by atoms with Crippen LogP contribution in [0.4, 0.5) is 0 Å². The number of rotatable bonds is 2. The van der Waals surface area contributed by atoms with Crippen molar-refractivity contribution in [2.24, 2.45) is 0 Å². The molecule has 1 aromatic heterocycles. The summed E-state index contributed by atoms with van der Waals surface area (Å²) in [6.45, 7) is 2.21. The molecule has 0 radical (unpaired) electrons. The Hall–Kier alpha value is -2.17. The van der Waals surface area contributed by atoms with E-state index in [-0.39, 0.29) is 6.79 Å². The number of nitrogens with zero attached hydrogens (tertiary/aromatic N) is 1. The number of benzene rings is 1. The van der Waals surface area contributed by atoms with Gasteiger partial charge in [-0.25, -0.2) is 0 Å². The van der Waals surface area contributed by atoms with Gasteiger partial charge in [0, 0.05) is 17.3 Å². The number of aryl methyl sites for hydroxylation is 1. The molecule has 0 atom stereocenters. The minimum atomic E-state index is 0.252. The van der Waals surface area contributed by atoms with Crippen LogP contribution in [0.2, 0.25) is 0 Å². The molecular formula is C12H12N2O3. The Morgan fingerprint density at radius 1 is 1.24 bits per heavy atom. The van der Waals surface area contributed by atoms with Crippen molar-refractivity contribution >= 4 is 0 Å². The predicted octanol–water partition coefficient (Wildman–Crippen LogP) is 2.12. The third-order valence-electron chi connectivity index (χ3n) is 2.68. The molecule has 0 fully saturated rings. The molecule has 5 nitrogen and oxygen atoms in total. The second-order valence-corrected chi connectivity index (χ2v) is 3.84. The van der Waals surface area contributed by atoms with Crippen molar-refractivity contribution < 1.29 is 14.2 Å². The Balaban J connectivity index is 2.15. The highest BCUT2D eigenvalue weighted by Gasteiger charge is 2.19. The van der Waals surface area contributed by atoms with Crippen LogP contribution in [0.5, 0.6) is 17.2 Å². The first-order valence-corrected chi connectivity index (χ1v) is 5.28. The van der Waals surface area contributed by atoms with Crippen LogP contribution in [0, 0.1) is 6.92 Å². The molecule has 0 spiro atoms. The number of methoxy groups -OCH3 is 1. The van der Waals surface area contributed by atoms with E-state index in [1.54, 1.807) is 7.11 Å². The summed E-state index contributed by atoms with van der Waals surface area (Å²) in [6.07, 6.45) is 0. The molecular weight excluding hydrogens is 220 g/mol. The molecule has 0 aliphatic carbocycles. The van der Waals surface area contributed by atoms with Crippen molar-refractivity contribution in [1.29, 1.82) is 0 Å². The van der Waals surface area contributed by atoms with E-state index in [0.717, 1.165) is 28.5 Å². The summed E-state index contributed by atoms with van der Waals surface area (Å²) in [4.78, 5) is 0. The lowest BCUT2D eigenvalue weighted by Crippen LogP contribution is -1.92. The molecule has 1 aliphatic heterocycles. The molecule has 0 unspecified atom stereocenters. The van der Waals surface area contributed by atoms with E-state index < -0.39 is 0 Å². The maximum Gasteiger partial charge on any atom is 0.231 e. The van der Waals surface area contributed by atoms with E-state index in [9.17, 15) is 0 Å². The summed E-state index contributed by atoms with van der Waals surface area (Å²) in [6, 6.07) is 5.67. The highest BCUT2D eigenvalue weighted by atomic mass is 16.7. The fraction of sp³-hybridized carbons (Fsp3) is 0.250. The van der Waals surface area contributed by atoms with Crippen LogP contribution in [0.15, 0.2) is 18.2 Å². The van der Waals surface area contributed by atoms with Crippen molar-refractivity contribution in [3.05, 3.63) is 23.9 Å². The van der Waals surface area contributed by atoms with Crippen LogP contribution in [-0.2, 0) is 0 Å². The van der Waals surface area contributed by atoms with Gasteiger partial charge < -0.3 is 14.2 Å². The maximum atomic E-state index is 5.35. The van der Waals surface area contributed by atoms with Gasteiger partial charge in [-0.1, -0.05) is 0 Å². The minimum absolute atomic E-state index is 0.252. The van der Waals surface area contributed by atoms with Crippen molar-refractivity contribution in [3.63, 3.8) is 0 Å². The molecule has 1 aliphatic rings. The molecule has 0 amide bonds. The number of ether oxygens (including phenoxy) is 3. The third-order valence-corrected chi connectivity index (χ3v) is 2.68. The Morgan fingerprint density at radius 2 is 2.00 bits per heavy atom. The van der Waals surface area contributed by atoms with E-state index >= 15 is 0 Å². The van der Waals surface area contributed by atoms with Crippen LogP contribution in [-0.4, -0.2) is 24.1 Å². The molecule has 5 heteroatoms. The quantitative estimate of drug-likeness (QED) is 0.861. The standard InChI is InChI=1S/C12H12N2O3/c1-7-3-9(14-13-7)8-4-11-12(17-6-16-11)5-10(8)15-2/h3-5H,6H2,1-2H3,(H,13,14). The van der Waals surface area contributed by atoms with E-state index in [1.807, 2.05) is 25.1 Å². The highest BCUT2D eigenvalue weighted by Crippen LogP contribution is 2.41. The summed E-state index contributed by atoms with van der Waals surface area (Å²) in [5.41, 5.74) is 2.72. The number of H-pyrrole nitrogens is 1. The Kier molecular flexibility index (Phi) is 2.18. The topological polar surface area (TPSA) is 56.4 Å². The molecule has 0 bridgehead atoms. The molecule has 17 heavy (non-hydrogen) atoms. The lowest BCUT2D eigenvalue weighted by Gasteiger charge is -2.07. The van der Waals surface area contributed by atoms with Gasteiger partial charge in [-0.2, -0.15) is 5.10 Å². The second kappa shape index (κ2) is 3.69. The molecule has 2 heterocycles. The first kappa shape index (κ1) is 10.0. The first-order valence-electron chi connectivity index (χ1n) is 5.28. The number of nitrogens with one attached hydrogen (secondary N) is 1. The lowest BCUT2D eigenvalue weighted by molar-refractivity contribution is 0.174. The molecule has 88 valence electrons. The molecule has 1 N–H and O–H groups in total. The normalized spacial score (nSPS) is 12.8. The summed E-state index contributed by atoms with van der Waals surface area (Å²) < 4.78 is 16.0. The number of fused-ring (bicyclic) bond motifs is 1. The highest BCUT2D eigenvalue weighted by molar-refractivity contribution is 5.72. The average molecular weight is 232 g/mol. The SMILES string of the molecule is COc1cc2c(cc1-c1cc(C)[nH]n1)OCO2. The van der Waals surface area contributed by atoms with Gasteiger partial charge in [0.05, 0.1) is 12.8 Å². The zero-order valence-corrected chi connectivity index (χ0v) is 9.61. The Bertz CT molecular complexity index is 563. The summed E-state index contributed by atoms with van der Waals surface area (Å²) in [5, 5.41) is 7.13. The molecule has 0 saturated heterocycles. The first-order chi connectivity index (χ1) is 8.28. The van der Waals surface area contributed by atoms with Gasteiger partial charge in [0.1, 0.15) is 5.75 Å². The maximum absolute atomic E-state index is 5.35. The van der Waals surface area contributed by atoms with Crippen LogP contribution in [0.25, 0.3) is 11.3 Å². The van der Waals surface area contributed by atoms with Gasteiger partial charge in [-0.05, 0) is 19.1 Å². The van der Waals surface area contributed by atoms with Crippen LogP contribution < -0.4 is 14.2 Å². The third kappa shape index (κ3) is 1.60. The minimum Gasteiger partial charge on any atom is -0.496 e. The zero-order valence-electron chi connectivity index (χ0n) is 9.61. The van der Waals surface area contributed by atoms with Crippen LogP contribution >= 0.6 is 0 Å². The smallest absolute Gasteiger partial charge is 0.231 e. The summed E-state index contributed by atoms with van der Waals surface area (Å²) in [7, 11) is 1.63. The number of aromatic nitrogens is 2. The predicted molar refractivity (Wildman–Crippen MR) is 61.4 cm³/mol. The molecule has 2 aromatic rings. The van der Waals surface area contributed by atoms with E-state index in [4.69, 9.17) is 14.2 Å². The van der Waals surface area contributed by atoms with Gasteiger partial charge in [0.25, 0.3) is 0 Å². The van der Waals surface area contributed by atoms with Crippen molar-refractivity contribution in [1.82, 2.24) is 10.2 Å². The van der Waals surface area contributed by atoms with E-state index in [2.05, 4.69) is 10.2 Å². The van der Waals surface area contributed by atoms with Crippen molar-refractivity contribution in [2.75, 3.05) is 13.9 Å². The van der Waals surface area contributed by atoms with Crippen molar-refractivity contribution in [3.8, 4) is 28.5 Å². The largest absolute Gasteiger partial charge is 0.496 e.